The van der Waals surface area contributed by atoms with Crippen molar-refractivity contribution in [2.45, 2.75) is 0 Å². The number of carbonyl (C=O) groups is 1. The van der Waals surface area contributed by atoms with E-state index in [9.17, 15) is 4.79 Å². The number of carbonyl (C=O) groups excluding carboxylic acids is 1. The highest BCUT2D eigenvalue weighted by atomic mass is 35.5. The normalized spacial score (nSPS) is 10.1. The summed E-state index contributed by atoms with van der Waals surface area (Å²) < 4.78 is 9.95. The van der Waals surface area contributed by atoms with Gasteiger partial charge in [0.05, 0.1) is 25.8 Å². The number of rotatable bonds is 4. The van der Waals surface area contributed by atoms with Gasteiger partial charge in [-0.3, -0.25) is 10.1 Å². The maximum absolute atomic E-state index is 12.1. The lowest BCUT2D eigenvalue weighted by molar-refractivity contribution is 0.102. The summed E-state index contributed by atoms with van der Waals surface area (Å²) in [5.41, 5.74) is 0.0436. The minimum Gasteiger partial charge on any atom is -0.481 e. The highest BCUT2D eigenvalue weighted by Crippen LogP contribution is 2.20. The van der Waals surface area contributed by atoms with Crippen LogP contribution in [0.15, 0.2) is 12.1 Å². The predicted molar refractivity (Wildman–Crippen MR) is 75.1 cm³/mol. The zero-order valence-electron chi connectivity index (χ0n) is 10.9. The molecule has 0 aliphatic rings. The minimum atomic E-state index is -0.591. The fraction of sp³-hybridized carbons (Fsp3) is 0.182. The van der Waals surface area contributed by atoms with Crippen molar-refractivity contribution >= 4 is 35.1 Å². The fourth-order valence-electron chi connectivity index (χ4n) is 1.35. The maximum atomic E-state index is 12.1. The van der Waals surface area contributed by atoms with Crippen LogP contribution in [0.25, 0.3) is 0 Å². The van der Waals surface area contributed by atoms with Crippen LogP contribution in [0.2, 0.25) is 10.3 Å². The van der Waals surface area contributed by atoms with Crippen LogP contribution >= 0.6 is 23.2 Å². The molecule has 1 N–H and O–H groups in total. The minimum absolute atomic E-state index is 0.0137. The third kappa shape index (κ3) is 3.67. The largest absolute Gasteiger partial charge is 0.481 e. The molecule has 0 aliphatic heterocycles. The van der Waals surface area contributed by atoms with E-state index in [0.717, 1.165) is 0 Å². The first kappa shape index (κ1) is 15.2. The van der Waals surface area contributed by atoms with Gasteiger partial charge in [-0.25, -0.2) is 0 Å². The average molecular weight is 330 g/mol. The van der Waals surface area contributed by atoms with E-state index in [0.29, 0.717) is 0 Å². The molecule has 2 aromatic heterocycles. The SMILES string of the molecule is COc1cc(OC)nc(NC(=O)c2cc(Cl)nnc2Cl)n1. The summed E-state index contributed by atoms with van der Waals surface area (Å²) in [4.78, 5) is 20.0. The van der Waals surface area contributed by atoms with Gasteiger partial charge in [0.1, 0.15) is 0 Å². The summed E-state index contributed by atoms with van der Waals surface area (Å²) >= 11 is 11.5. The van der Waals surface area contributed by atoms with E-state index in [2.05, 4.69) is 25.5 Å². The molecule has 0 radical (unpaired) electrons. The second-order valence-corrected chi connectivity index (χ2v) is 4.35. The molecule has 0 fully saturated rings. The van der Waals surface area contributed by atoms with E-state index in [1.54, 1.807) is 0 Å². The Morgan fingerprint density at radius 3 is 2.29 bits per heavy atom. The topological polar surface area (TPSA) is 99.1 Å². The number of ether oxygens (including phenoxy) is 2. The maximum Gasteiger partial charge on any atom is 0.261 e. The van der Waals surface area contributed by atoms with E-state index < -0.39 is 5.91 Å². The van der Waals surface area contributed by atoms with Crippen LogP contribution in [0.5, 0.6) is 11.8 Å². The van der Waals surface area contributed by atoms with Gasteiger partial charge in [0.2, 0.25) is 17.7 Å². The summed E-state index contributed by atoms with van der Waals surface area (Å²) in [6.07, 6.45) is 0. The van der Waals surface area contributed by atoms with E-state index >= 15 is 0 Å². The Morgan fingerprint density at radius 2 is 1.71 bits per heavy atom. The zero-order chi connectivity index (χ0) is 15.4. The number of amides is 1. The Hall–Kier alpha value is -2.19. The Labute approximate surface area is 129 Å². The highest BCUT2D eigenvalue weighted by Gasteiger charge is 2.16. The van der Waals surface area contributed by atoms with Gasteiger partial charge in [-0.1, -0.05) is 23.2 Å². The summed E-state index contributed by atoms with van der Waals surface area (Å²) in [6, 6.07) is 2.75. The van der Waals surface area contributed by atoms with E-state index in [-0.39, 0.29) is 33.6 Å². The van der Waals surface area contributed by atoms with E-state index in [1.165, 1.54) is 26.4 Å². The van der Waals surface area contributed by atoms with Crippen molar-refractivity contribution in [3.05, 3.63) is 28.0 Å². The molecule has 2 aromatic rings. The van der Waals surface area contributed by atoms with Crippen LogP contribution in [0, 0.1) is 0 Å². The van der Waals surface area contributed by atoms with Crippen LogP contribution < -0.4 is 14.8 Å². The number of hydrogen-bond acceptors (Lipinski definition) is 7. The van der Waals surface area contributed by atoms with Crippen molar-refractivity contribution in [2.75, 3.05) is 19.5 Å². The quantitative estimate of drug-likeness (QED) is 0.913. The van der Waals surface area contributed by atoms with Gasteiger partial charge in [0.25, 0.3) is 5.91 Å². The number of hydrogen-bond donors (Lipinski definition) is 1. The molecule has 0 saturated carbocycles. The Kier molecular flexibility index (Phi) is 4.71. The lowest BCUT2D eigenvalue weighted by Gasteiger charge is -2.08. The third-order valence-electron chi connectivity index (χ3n) is 2.29. The van der Waals surface area contributed by atoms with Gasteiger partial charge in [0.15, 0.2) is 10.3 Å². The fourth-order valence-corrected chi connectivity index (χ4v) is 1.68. The molecule has 0 unspecified atom stereocenters. The summed E-state index contributed by atoms with van der Waals surface area (Å²) in [5, 5.41) is 9.45. The van der Waals surface area contributed by atoms with Gasteiger partial charge in [-0.05, 0) is 6.07 Å². The molecule has 8 nitrogen and oxygen atoms in total. The van der Waals surface area contributed by atoms with Crippen molar-refractivity contribution < 1.29 is 14.3 Å². The molecule has 0 atom stereocenters. The smallest absolute Gasteiger partial charge is 0.261 e. The second-order valence-electron chi connectivity index (χ2n) is 3.60. The standard InChI is InChI=1S/C11H9Cl2N5O3/c1-20-7-4-8(21-2)15-11(14-7)16-10(19)5-3-6(12)17-18-9(5)13/h3-4H,1-2H3,(H,14,15,16,19). The molecular formula is C11H9Cl2N5O3. The van der Waals surface area contributed by atoms with Crippen molar-refractivity contribution in [3.8, 4) is 11.8 Å². The first-order valence-corrected chi connectivity index (χ1v) is 6.26. The molecule has 0 aromatic carbocycles. The molecule has 0 bridgehead atoms. The van der Waals surface area contributed by atoms with E-state index in [4.69, 9.17) is 32.7 Å². The van der Waals surface area contributed by atoms with Crippen molar-refractivity contribution in [2.24, 2.45) is 0 Å². The lowest BCUT2D eigenvalue weighted by atomic mass is 10.3. The molecule has 10 heteroatoms. The van der Waals surface area contributed by atoms with Gasteiger partial charge in [-0.2, -0.15) is 9.97 Å². The van der Waals surface area contributed by atoms with Crippen molar-refractivity contribution in [1.29, 1.82) is 0 Å². The number of anilines is 1. The summed E-state index contributed by atoms with van der Waals surface area (Å²) in [5.74, 6) is -0.143. The van der Waals surface area contributed by atoms with Crippen LogP contribution in [0.3, 0.4) is 0 Å². The number of nitrogens with zero attached hydrogens (tertiary/aromatic N) is 4. The van der Waals surface area contributed by atoms with Gasteiger partial charge in [0, 0.05) is 0 Å². The second kappa shape index (κ2) is 6.51. The predicted octanol–water partition coefficient (Wildman–Crippen LogP) is 1.84. The van der Waals surface area contributed by atoms with Gasteiger partial charge < -0.3 is 9.47 Å². The molecular weight excluding hydrogens is 321 g/mol. The molecule has 1 amide bonds. The first-order chi connectivity index (χ1) is 10.0. The summed E-state index contributed by atoms with van der Waals surface area (Å²) in [7, 11) is 2.85. The zero-order valence-corrected chi connectivity index (χ0v) is 12.4. The first-order valence-electron chi connectivity index (χ1n) is 5.50. The molecule has 0 saturated heterocycles. The van der Waals surface area contributed by atoms with Crippen LogP contribution in [-0.4, -0.2) is 40.3 Å². The van der Waals surface area contributed by atoms with Crippen molar-refractivity contribution in [1.82, 2.24) is 20.2 Å². The lowest BCUT2D eigenvalue weighted by Crippen LogP contribution is -2.16. The molecule has 21 heavy (non-hydrogen) atoms. The number of nitrogens with one attached hydrogen (secondary N) is 1. The number of halogens is 2. The molecule has 110 valence electrons. The van der Waals surface area contributed by atoms with Crippen LogP contribution in [-0.2, 0) is 0 Å². The number of methoxy groups -OCH3 is 2. The highest BCUT2D eigenvalue weighted by molar-refractivity contribution is 6.34. The average Bonchev–Trinajstić information content (AvgIpc) is 2.49. The Morgan fingerprint density at radius 1 is 1.10 bits per heavy atom. The molecule has 2 heterocycles. The molecule has 0 aliphatic carbocycles. The molecule has 2 rings (SSSR count). The monoisotopic (exact) mass is 329 g/mol. The number of aromatic nitrogens is 4. The Bertz CT molecular complexity index is 661. The molecule has 0 spiro atoms. The van der Waals surface area contributed by atoms with E-state index in [1.807, 2.05) is 0 Å². The third-order valence-corrected chi connectivity index (χ3v) is 2.75. The summed E-state index contributed by atoms with van der Waals surface area (Å²) in [6.45, 7) is 0. The van der Waals surface area contributed by atoms with Gasteiger partial charge in [-0.15, -0.1) is 10.2 Å². The van der Waals surface area contributed by atoms with Gasteiger partial charge >= 0.3 is 0 Å². The van der Waals surface area contributed by atoms with Crippen molar-refractivity contribution in [3.63, 3.8) is 0 Å². The Balaban J connectivity index is 2.28. The van der Waals surface area contributed by atoms with Crippen LogP contribution in [0.4, 0.5) is 5.95 Å². The van der Waals surface area contributed by atoms with Crippen LogP contribution in [0.1, 0.15) is 10.4 Å².